The van der Waals surface area contributed by atoms with Crippen LogP contribution in [0.2, 0.25) is 0 Å². The molecular formula is C18H22N2O4W-6. The van der Waals surface area contributed by atoms with E-state index in [1.165, 1.54) is 0 Å². The largest absolute Gasteiger partial charge is 2.00 e. The second-order valence-electron chi connectivity index (χ2n) is 5.73. The van der Waals surface area contributed by atoms with E-state index in [4.69, 9.17) is 0 Å². The van der Waals surface area contributed by atoms with Crippen LogP contribution in [0.4, 0.5) is 0 Å². The zero-order chi connectivity index (χ0) is 15.9. The van der Waals surface area contributed by atoms with Gasteiger partial charge in [-0.3, -0.25) is 4.90 Å². The van der Waals surface area contributed by atoms with Crippen molar-refractivity contribution in [3.8, 4) is 11.5 Å². The Kier molecular flexibility index (Phi) is 13.3. The van der Waals surface area contributed by atoms with Crippen molar-refractivity contribution < 1.29 is 42.2 Å². The molecule has 2 aromatic rings. The van der Waals surface area contributed by atoms with E-state index in [1.807, 2.05) is 38.4 Å². The van der Waals surface area contributed by atoms with E-state index in [0.29, 0.717) is 13.1 Å². The fourth-order valence-corrected chi connectivity index (χ4v) is 2.31. The number of hydrogen-bond acceptors (Lipinski definition) is 4. The van der Waals surface area contributed by atoms with Crippen LogP contribution in [0.15, 0.2) is 48.5 Å². The average molecular weight is 514 g/mol. The standard InChI is InChI=1S/C18H24N2O2.2O.W/c1-19(2)11-12-20(13-15-7-3-5-9-17(15)21)14-16-8-4-6-10-18(16)22;;;/h3-10,21-22H,11-14H2,1-2H3;;;/q;2*-2;/p-2. The van der Waals surface area contributed by atoms with Crippen molar-refractivity contribution in [2.45, 2.75) is 13.1 Å². The van der Waals surface area contributed by atoms with E-state index < -0.39 is 0 Å². The molecule has 0 aromatic heterocycles. The maximum absolute atomic E-state index is 11.9. The second-order valence-corrected chi connectivity index (χ2v) is 5.73. The molecule has 0 saturated heterocycles. The van der Waals surface area contributed by atoms with Gasteiger partial charge < -0.3 is 26.1 Å². The summed E-state index contributed by atoms with van der Waals surface area (Å²) in [6.07, 6.45) is 0. The molecule has 2 aromatic carbocycles. The van der Waals surface area contributed by atoms with Crippen molar-refractivity contribution in [2.24, 2.45) is 0 Å². The summed E-state index contributed by atoms with van der Waals surface area (Å²) in [6, 6.07) is 14.1. The minimum atomic E-state index is 0. The van der Waals surface area contributed by atoms with Crippen LogP contribution in [0.5, 0.6) is 11.5 Å². The molecule has 0 bridgehead atoms. The molecule has 0 fully saturated rings. The Morgan fingerprint density at radius 2 is 1.12 bits per heavy atom. The Labute approximate surface area is 163 Å². The summed E-state index contributed by atoms with van der Waals surface area (Å²) in [4.78, 5) is 4.24. The van der Waals surface area contributed by atoms with Gasteiger partial charge in [0, 0.05) is 47.2 Å². The van der Waals surface area contributed by atoms with Crippen LogP contribution < -0.4 is 10.2 Å². The Hall–Kier alpha value is -1.43. The number of nitrogens with zero attached hydrogens (tertiary/aromatic N) is 2. The average Bonchev–Trinajstić information content (AvgIpc) is 2.49. The first kappa shape index (κ1) is 25.8. The number of rotatable bonds is 7. The summed E-state index contributed by atoms with van der Waals surface area (Å²) in [6.45, 7) is 2.79. The molecule has 6 nitrogen and oxygen atoms in total. The Bertz CT molecular complexity index is 564. The predicted octanol–water partition coefficient (Wildman–Crippen LogP) is 1.16. The third-order valence-corrected chi connectivity index (χ3v) is 3.60. The number of hydrogen-bond donors (Lipinski definition) is 0. The molecule has 0 aliphatic rings. The normalized spacial score (nSPS) is 9.92. The van der Waals surface area contributed by atoms with Crippen LogP contribution in [0.1, 0.15) is 11.1 Å². The quantitative estimate of drug-likeness (QED) is 0.553. The van der Waals surface area contributed by atoms with Crippen molar-refractivity contribution in [1.82, 2.24) is 9.80 Å². The van der Waals surface area contributed by atoms with Gasteiger partial charge in [0.2, 0.25) is 0 Å². The minimum absolute atomic E-state index is 0. The maximum Gasteiger partial charge on any atom is 0.0231 e. The number of likely N-dealkylation sites (N-methyl/N-ethyl adjacent to an activating group) is 1. The van der Waals surface area contributed by atoms with Gasteiger partial charge >= 0.3 is 0 Å². The SMILES string of the molecule is CN(C)CCN(Cc1ccccc1[O-])Cc1ccccc1[O-].[O-2].[O-2].[W]. The molecule has 25 heavy (non-hydrogen) atoms. The topological polar surface area (TPSA) is 110 Å². The summed E-state index contributed by atoms with van der Waals surface area (Å²) < 4.78 is 0. The van der Waals surface area contributed by atoms with Crippen LogP contribution in [0, 0.1) is 0 Å². The molecule has 140 valence electrons. The van der Waals surface area contributed by atoms with E-state index >= 15 is 0 Å². The molecule has 0 spiro atoms. The van der Waals surface area contributed by atoms with Crippen molar-refractivity contribution in [3.63, 3.8) is 0 Å². The minimum Gasteiger partial charge on any atom is -2.00 e. The van der Waals surface area contributed by atoms with E-state index in [1.54, 1.807) is 24.3 Å². The number of benzene rings is 2. The van der Waals surface area contributed by atoms with Gasteiger partial charge in [-0.1, -0.05) is 48.5 Å². The Morgan fingerprint density at radius 1 is 0.720 bits per heavy atom. The monoisotopic (exact) mass is 514 g/mol. The van der Waals surface area contributed by atoms with Gasteiger partial charge in [-0.2, -0.15) is 0 Å². The first-order chi connectivity index (χ1) is 10.6. The first-order valence-corrected chi connectivity index (χ1v) is 7.43. The van der Waals surface area contributed by atoms with Gasteiger partial charge in [-0.05, 0) is 25.2 Å². The molecule has 0 aliphatic carbocycles. The maximum atomic E-state index is 11.9. The van der Waals surface area contributed by atoms with E-state index in [9.17, 15) is 10.2 Å². The zero-order valence-electron chi connectivity index (χ0n) is 14.4. The van der Waals surface area contributed by atoms with Gasteiger partial charge in [0.15, 0.2) is 0 Å². The van der Waals surface area contributed by atoms with Crippen LogP contribution in [-0.2, 0) is 45.1 Å². The van der Waals surface area contributed by atoms with Gasteiger partial charge in [-0.15, -0.1) is 11.5 Å². The van der Waals surface area contributed by atoms with Crippen molar-refractivity contribution in [3.05, 3.63) is 59.7 Å². The third-order valence-electron chi connectivity index (χ3n) is 3.60. The van der Waals surface area contributed by atoms with Gasteiger partial charge in [0.1, 0.15) is 0 Å². The molecule has 0 amide bonds. The van der Waals surface area contributed by atoms with E-state index in [0.717, 1.165) is 24.2 Å². The zero-order valence-corrected chi connectivity index (χ0v) is 17.3. The summed E-state index contributed by atoms with van der Waals surface area (Å²) in [5.41, 5.74) is 1.54. The third kappa shape index (κ3) is 8.47. The molecule has 2 rings (SSSR count). The Morgan fingerprint density at radius 3 is 1.48 bits per heavy atom. The molecule has 0 heterocycles. The summed E-state index contributed by atoms with van der Waals surface area (Å²) >= 11 is 0. The van der Waals surface area contributed by atoms with E-state index in [-0.39, 0.29) is 43.5 Å². The first-order valence-electron chi connectivity index (χ1n) is 7.43. The van der Waals surface area contributed by atoms with Gasteiger partial charge in [-0.25, -0.2) is 0 Å². The molecule has 0 atom stereocenters. The van der Waals surface area contributed by atoms with Crippen LogP contribution in [0.25, 0.3) is 0 Å². The molecule has 0 saturated carbocycles. The van der Waals surface area contributed by atoms with Crippen molar-refractivity contribution in [1.29, 1.82) is 0 Å². The smallest absolute Gasteiger partial charge is 0.0231 e. The van der Waals surface area contributed by atoms with E-state index in [2.05, 4.69) is 9.80 Å². The number of para-hydroxylation sites is 2. The fourth-order valence-electron chi connectivity index (χ4n) is 2.31. The van der Waals surface area contributed by atoms with Gasteiger partial charge in [0.25, 0.3) is 0 Å². The molecule has 0 N–H and O–H groups in total. The molecule has 0 unspecified atom stereocenters. The van der Waals surface area contributed by atoms with Crippen molar-refractivity contribution >= 4 is 0 Å². The molecule has 0 aliphatic heterocycles. The van der Waals surface area contributed by atoms with Crippen LogP contribution in [0.3, 0.4) is 0 Å². The summed E-state index contributed by atoms with van der Waals surface area (Å²) in [5, 5.41) is 23.8. The van der Waals surface area contributed by atoms with Crippen molar-refractivity contribution in [2.75, 3.05) is 27.2 Å². The molecule has 0 radical (unpaired) electrons. The summed E-state index contributed by atoms with van der Waals surface area (Å²) in [5.74, 6) is 0.0977. The Balaban J connectivity index is 0. The van der Waals surface area contributed by atoms with Crippen LogP contribution >= 0.6 is 0 Å². The van der Waals surface area contributed by atoms with Crippen LogP contribution in [-0.4, -0.2) is 37.0 Å². The molecule has 7 heteroatoms. The van der Waals surface area contributed by atoms with Gasteiger partial charge in [0.05, 0.1) is 0 Å². The fraction of sp³-hybridized carbons (Fsp3) is 0.333. The molecular weight excluding hydrogens is 492 g/mol. The predicted molar refractivity (Wildman–Crippen MR) is 85.8 cm³/mol. The summed E-state index contributed by atoms with van der Waals surface area (Å²) in [7, 11) is 4.03. The second kappa shape index (κ2) is 12.9.